The molecule has 0 atom stereocenters. The predicted octanol–water partition coefficient (Wildman–Crippen LogP) is 2.62. The summed E-state index contributed by atoms with van der Waals surface area (Å²) in [6, 6.07) is 12.8. The fraction of sp³-hybridized carbons (Fsp3) is 0.125. The van der Waals surface area contributed by atoms with Gasteiger partial charge in [-0.05, 0) is 48.0 Å². The van der Waals surface area contributed by atoms with E-state index < -0.39 is 0 Å². The van der Waals surface area contributed by atoms with Gasteiger partial charge in [-0.15, -0.1) is 0 Å². The standard InChI is InChI=1S/C16H16ClN5O/c17-12-1-3-13(4-2-12)19-15-7-11(9-18)8-16(20-15)22-6-5-14(10-23)21-22/h1-8,23H,9-10,18H2,(H,19,20). The number of nitrogens with two attached hydrogens (primary N) is 1. The van der Waals surface area contributed by atoms with E-state index in [4.69, 9.17) is 22.4 Å². The second-order valence-electron chi connectivity index (χ2n) is 4.96. The minimum atomic E-state index is -0.112. The molecule has 0 saturated carbocycles. The molecule has 0 amide bonds. The topological polar surface area (TPSA) is 89.0 Å². The molecule has 4 N–H and O–H groups in total. The van der Waals surface area contributed by atoms with Crippen molar-refractivity contribution < 1.29 is 5.11 Å². The summed E-state index contributed by atoms with van der Waals surface area (Å²) in [6.45, 7) is 0.276. The van der Waals surface area contributed by atoms with Crippen LogP contribution in [0.2, 0.25) is 5.02 Å². The van der Waals surface area contributed by atoms with Crippen LogP contribution in [-0.2, 0) is 13.2 Å². The summed E-state index contributed by atoms with van der Waals surface area (Å²) in [4.78, 5) is 4.54. The fourth-order valence-electron chi connectivity index (χ4n) is 2.13. The zero-order valence-corrected chi connectivity index (χ0v) is 13.0. The third-order valence-electron chi connectivity index (χ3n) is 3.26. The Morgan fingerprint density at radius 3 is 2.61 bits per heavy atom. The van der Waals surface area contributed by atoms with E-state index in [1.165, 1.54) is 0 Å². The van der Waals surface area contributed by atoms with Gasteiger partial charge in [-0.2, -0.15) is 5.10 Å². The lowest BCUT2D eigenvalue weighted by Gasteiger charge is -2.10. The van der Waals surface area contributed by atoms with Gasteiger partial charge in [0.2, 0.25) is 0 Å². The lowest BCUT2D eigenvalue weighted by Crippen LogP contribution is -2.06. The average molecular weight is 330 g/mol. The number of aromatic nitrogens is 3. The van der Waals surface area contributed by atoms with Crippen molar-refractivity contribution in [2.24, 2.45) is 5.73 Å². The molecule has 0 aliphatic heterocycles. The molecule has 1 aromatic carbocycles. The summed E-state index contributed by atoms with van der Waals surface area (Å²) in [6.07, 6.45) is 1.75. The molecular weight excluding hydrogens is 314 g/mol. The third-order valence-corrected chi connectivity index (χ3v) is 3.52. The molecule has 7 heteroatoms. The predicted molar refractivity (Wildman–Crippen MR) is 89.9 cm³/mol. The molecule has 0 radical (unpaired) electrons. The SMILES string of the molecule is NCc1cc(Nc2ccc(Cl)cc2)nc(-n2ccc(CO)n2)c1. The summed E-state index contributed by atoms with van der Waals surface area (Å²) >= 11 is 5.89. The summed E-state index contributed by atoms with van der Waals surface area (Å²) in [5, 5.41) is 17.3. The van der Waals surface area contributed by atoms with Crippen LogP contribution < -0.4 is 11.1 Å². The Balaban J connectivity index is 1.93. The highest BCUT2D eigenvalue weighted by Gasteiger charge is 2.07. The van der Waals surface area contributed by atoms with E-state index in [1.54, 1.807) is 29.1 Å². The van der Waals surface area contributed by atoms with Crippen LogP contribution in [-0.4, -0.2) is 19.9 Å². The number of hydrogen-bond acceptors (Lipinski definition) is 5. The molecule has 0 aliphatic carbocycles. The number of hydrogen-bond donors (Lipinski definition) is 3. The van der Waals surface area contributed by atoms with Gasteiger partial charge in [-0.1, -0.05) is 11.6 Å². The van der Waals surface area contributed by atoms with Gasteiger partial charge in [-0.3, -0.25) is 0 Å². The highest BCUT2D eigenvalue weighted by molar-refractivity contribution is 6.30. The quantitative estimate of drug-likeness (QED) is 0.669. The molecular formula is C16H16ClN5O. The molecule has 118 valence electrons. The Bertz CT molecular complexity index is 800. The summed E-state index contributed by atoms with van der Waals surface area (Å²) in [7, 11) is 0. The number of halogens is 1. The lowest BCUT2D eigenvalue weighted by molar-refractivity contribution is 0.276. The Morgan fingerprint density at radius 2 is 1.96 bits per heavy atom. The maximum absolute atomic E-state index is 9.13. The molecule has 0 spiro atoms. The molecule has 0 bridgehead atoms. The maximum atomic E-state index is 9.13. The molecule has 3 rings (SSSR count). The van der Waals surface area contributed by atoms with Crippen molar-refractivity contribution >= 4 is 23.1 Å². The summed E-state index contributed by atoms with van der Waals surface area (Å²) in [5.74, 6) is 1.29. The number of benzene rings is 1. The Kier molecular flexibility index (Phi) is 4.57. The van der Waals surface area contributed by atoms with Crippen LogP contribution >= 0.6 is 11.6 Å². The second-order valence-corrected chi connectivity index (χ2v) is 5.40. The molecule has 3 aromatic rings. The van der Waals surface area contributed by atoms with Crippen LogP contribution in [0.4, 0.5) is 11.5 Å². The number of nitrogens with zero attached hydrogens (tertiary/aromatic N) is 3. The van der Waals surface area contributed by atoms with Gasteiger partial charge in [0.15, 0.2) is 5.82 Å². The van der Waals surface area contributed by atoms with Crippen molar-refractivity contribution in [1.29, 1.82) is 0 Å². The van der Waals surface area contributed by atoms with E-state index in [2.05, 4.69) is 15.4 Å². The van der Waals surface area contributed by atoms with E-state index in [1.807, 2.05) is 24.3 Å². The van der Waals surface area contributed by atoms with Crippen LogP contribution in [0, 0.1) is 0 Å². The van der Waals surface area contributed by atoms with Crippen molar-refractivity contribution in [3.05, 3.63) is 64.9 Å². The van der Waals surface area contributed by atoms with E-state index in [-0.39, 0.29) is 6.61 Å². The number of pyridine rings is 1. The molecule has 0 fully saturated rings. The Labute approximate surface area is 138 Å². The zero-order chi connectivity index (χ0) is 16.2. The molecule has 0 aliphatic rings. The first-order valence-corrected chi connectivity index (χ1v) is 7.45. The highest BCUT2D eigenvalue weighted by atomic mass is 35.5. The summed E-state index contributed by atoms with van der Waals surface area (Å²) in [5.41, 5.74) is 8.15. The van der Waals surface area contributed by atoms with Crippen LogP contribution in [0.1, 0.15) is 11.3 Å². The highest BCUT2D eigenvalue weighted by Crippen LogP contribution is 2.20. The normalized spacial score (nSPS) is 10.7. The average Bonchev–Trinajstić information content (AvgIpc) is 3.06. The van der Waals surface area contributed by atoms with Crippen LogP contribution in [0.5, 0.6) is 0 Å². The monoisotopic (exact) mass is 329 g/mol. The van der Waals surface area contributed by atoms with Gasteiger partial charge < -0.3 is 16.2 Å². The van der Waals surface area contributed by atoms with Crippen LogP contribution in [0.3, 0.4) is 0 Å². The van der Waals surface area contributed by atoms with Gasteiger partial charge in [-0.25, -0.2) is 9.67 Å². The second kappa shape index (κ2) is 6.78. The smallest absolute Gasteiger partial charge is 0.156 e. The number of aliphatic hydroxyl groups excluding tert-OH is 1. The molecule has 0 saturated heterocycles. The van der Waals surface area contributed by atoms with Crippen LogP contribution in [0.15, 0.2) is 48.7 Å². The van der Waals surface area contributed by atoms with Gasteiger partial charge in [0.05, 0.1) is 12.3 Å². The van der Waals surface area contributed by atoms with Crippen molar-refractivity contribution in [2.45, 2.75) is 13.2 Å². The first-order valence-electron chi connectivity index (χ1n) is 7.07. The Hall–Kier alpha value is -2.41. The Morgan fingerprint density at radius 1 is 1.17 bits per heavy atom. The van der Waals surface area contributed by atoms with Gasteiger partial charge in [0.1, 0.15) is 5.82 Å². The van der Waals surface area contributed by atoms with E-state index in [9.17, 15) is 0 Å². The van der Waals surface area contributed by atoms with Crippen molar-refractivity contribution in [3.8, 4) is 5.82 Å². The third kappa shape index (κ3) is 3.68. The van der Waals surface area contributed by atoms with E-state index in [0.29, 0.717) is 28.9 Å². The maximum Gasteiger partial charge on any atom is 0.156 e. The molecule has 6 nitrogen and oxygen atoms in total. The molecule has 23 heavy (non-hydrogen) atoms. The van der Waals surface area contributed by atoms with Crippen molar-refractivity contribution in [3.63, 3.8) is 0 Å². The van der Waals surface area contributed by atoms with Crippen molar-refractivity contribution in [1.82, 2.24) is 14.8 Å². The number of aliphatic hydroxyl groups is 1. The van der Waals surface area contributed by atoms with Gasteiger partial charge in [0.25, 0.3) is 0 Å². The minimum Gasteiger partial charge on any atom is -0.390 e. The zero-order valence-electron chi connectivity index (χ0n) is 12.3. The number of nitrogens with one attached hydrogen (secondary N) is 1. The first kappa shape index (κ1) is 15.5. The fourth-order valence-corrected chi connectivity index (χ4v) is 2.25. The molecule has 0 unspecified atom stereocenters. The van der Waals surface area contributed by atoms with Gasteiger partial charge in [0, 0.05) is 23.5 Å². The largest absolute Gasteiger partial charge is 0.390 e. The van der Waals surface area contributed by atoms with E-state index >= 15 is 0 Å². The molecule has 2 aromatic heterocycles. The van der Waals surface area contributed by atoms with E-state index in [0.717, 1.165) is 11.3 Å². The lowest BCUT2D eigenvalue weighted by atomic mass is 10.2. The number of anilines is 2. The van der Waals surface area contributed by atoms with Crippen molar-refractivity contribution in [2.75, 3.05) is 5.32 Å². The molecule has 2 heterocycles. The van der Waals surface area contributed by atoms with Gasteiger partial charge >= 0.3 is 0 Å². The van der Waals surface area contributed by atoms with Crippen LogP contribution in [0.25, 0.3) is 5.82 Å². The minimum absolute atomic E-state index is 0.112. The first-order chi connectivity index (χ1) is 11.2. The number of rotatable bonds is 5. The summed E-state index contributed by atoms with van der Waals surface area (Å²) < 4.78 is 1.61.